The van der Waals surface area contributed by atoms with Crippen LogP contribution in [0.4, 0.5) is 5.82 Å². The molecule has 126 valence electrons. The summed E-state index contributed by atoms with van der Waals surface area (Å²) in [4.78, 5) is 26.3. The quantitative estimate of drug-likeness (QED) is 0.790. The summed E-state index contributed by atoms with van der Waals surface area (Å²) >= 11 is 1.15. The molecular formula is C15H18N6O2S. The summed E-state index contributed by atoms with van der Waals surface area (Å²) in [6, 6.07) is 0. The van der Waals surface area contributed by atoms with Gasteiger partial charge in [0.25, 0.3) is 5.91 Å². The van der Waals surface area contributed by atoms with Crippen LogP contribution in [-0.4, -0.2) is 63.2 Å². The summed E-state index contributed by atoms with van der Waals surface area (Å²) in [5.74, 6) is 0.978. The molecule has 2 aromatic rings. The number of carbonyl (C=O) groups excluding carboxylic acids is 1. The number of rotatable bonds is 2. The minimum Gasteiger partial charge on any atom is -0.378 e. The number of fused-ring (bicyclic) bond motifs is 1. The molecule has 0 aliphatic carbocycles. The predicted molar refractivity (Wildman–Crippen MR) is 88.2 cm³/mol. The van der Waals surface area contributed by atoms with Gasteiger partial charge in [-0.05, 0) is 24.9 Å². The van der Waals surface area contributed by atoms with Crippen molar-refractivity contribution in [2.24, 2.45) is 0 Å². The lowest BCUT2D eigenvalue weighted by molar-refractivity contribution is 0.0735. The van der Waals surface area contributed by atoms with Gasteiger partial charge < -0.3 is 14.5 Å². The van der Waals surface area contributed by atoms with Gasteiger partial charge in [-0.1, -0.05) is 4.49 Å². The first-order valence-electron chi connectivity index (χ1n) is 7.97. The number of amides is 1. The molecule has 0 saturated carbocycles. The number of nitrogens with zero attached hydrogens (tertiary/aromatic N) is 6. The van der Waals surface area contributed by atoms with Crippen LogP contribution in [0.2, 0.25) is 0 Å². The van der Waals surface area contributed by atoms with Gasteiger partial charge in [0.2, 0.25) is 0 Å². The average Bonchev–Trinajstić information content (AvgIpc) is 3.07. The third kappa shape index (κ3) is 2.73. The van der Waals surface area contributed by atoms with E-state index >= 15 is 0 Å². The second-order valence-electron chi connectivity index (χ2n) is 5.89. The van der Waals surface area contributed by atoms with Crippen LogP contribution in [0.5, 0.6) is 0 Å². The maximum Gasteiger partial charge on any atom is 0.267 e. The summed E-state index contributed by atoms with van der Waals surface area (Å²) in [5, 5.41) is 3.93. The van der Waals surface area contributed by atoms with E-state index in [-0.39, 0.29) is 5.91 Å². The van der Waals surface area contributed by atoms with Crippen molar-refractivity contribution < 1.29 is 9.53 Å². The molecule has 4 heterocycles. The minimum absolute atomic E-state index is 0.0142. The van der Waals surface area contributed by atoms with E-state index in [1.807, 2.05) is 11.8 Å². The minimum atomic E-state index is -0.0142. The Bertz CT molecular complexity index is 758. The normalized spacial score (nSPS) is 17.7. The maximum atomic E-state index is 12.7. The highest BCUT2D eigenvalue weighted by Gasteiger charge is 2.28. The van der Waals surface area contributed by atoms with Crippen molar-refractivity contribution >= 4 is 23.3 Å². The second-order valence-corrected chi connectivity index (χ2v) is 6.64. The SMILES string of the molecule is Cc1nnsc1C(=O)N1CCc2c(ncnc2N2CCOCC2)C1. The van der Waals surface area contributed by atoms with Crippen LogP contribution < -0.4 is 4.90 Å². The Morgan fingerprint density at radius 1 is 1.25 bits per heavy atom. The van der Waals surface area contributed by atoms with Crippen LogP contribution in [-0.2, 0) is 17.7 Å². The van der Waals surface area contributed by atoms with E-state index in [4.69, 9.17) is 4.74 Å². The molecule has 1 fully saturated rings. The van der Waals surface area contributed by atoms with Gasteiger partial charge >= 0.3 is 0 Å². The molecule has 2 aliphatic heterocycles. The summed E-state index contributed by atoms with van der Waals surface area (Å²) in [7, 11) is 0. The number of morpholine rings is 1. The Morgan fingerprint density at radius 2 is 2.08 bits per heavy atom. The van der Waals surface area contributed by atoms with Crippen LogP contribution in [0.1, 0.15) is 26.6 Å². The zero-order valence-electron chi connectivity index (χ0n) is 13.4. The average molecular weight is 346 g/mol. The van der Waals surface area contributed by atoms with Gasteiger partial charge in [-0.2, -0.15) is 0 Å². The van der Waals surface area contributed by atoms with E-state index in [9.17, 15) is 4.79 Å². The number of hydrogen-bond acceptors (Lipinski definition) is 8. The van der Waals surface area contributed by atoms with E-state index in [1.165, 1.54) is 0 Å². The van der Waals surface area contributed by atoms with Crippen LogP contribution in [0.25, 0.3) is 0 Å². The fourth-order valence-electron chi connectivity index (χ4n) is 3.13. The van der Waals surface area contributed by atoms with Crippen molar-refractivity contribution in [3.8, 4) is 0 Å². The molecule has 0 radical (unpaired) electrons. The van der Waals surface area contributed by atoms with Crippen LogP contribution in [0, 0.1) is 6.92 Å². The topological polar surface area (TPSA) is 84.3 Å². The highest BCUT2D eigenvalue weighted by atomic mass is 32.1. The van der Waals surface area contributed by atoms with Crippen molar-refractivity contribution in [2.45, 2.75) is 19.9 Å². The molecule has 8 nitrogen and oxygen atoms in total. The monoisotopic (exact) mass is 346 g/mol. The van der Waals surface area contributed by atoms with Crippen molar-refractivity contribution in [3.05, 3.63) is 28.2 Å². The van der Waals surface area contributed by atoms with Crippen molar-refractivity contribution in [1.29, 1.82) is 0 Å². The first-order valence-corrected chi connectivity index (χ1v) is 8.75. The van der Waals surface area contributed by atoms with Crippen LogP contribution in [0.15, 0.2) is 6.33 Å². The van der Waals surface area contributed by atoms with Gasteiger partial charge in [0.1, 0.15) is 17.0 Å². The highest BCUT2D eigenvalue weighted by molar-refractivity contribution is 7.07. The molecule has 2 aromatic heterocycles. The largest absolute Gasteiger partial charge is 0.378 e. The molecular weight excluding hydrogens is 328 g/mol. The molecule has 1 saturated heterocycles. The highest BCUT2D eigenvalue weighted by Crippen LogP contribution is 2.27. The third-order valence-corrected chi connectivity index (χ3v) is 5.24. The molecule has 0 unspecified atom stereocenters. The Morgan fingerprint density at radius 3 is 2.83 bits per heavy atom. The van der Waals surface area contributed by atoms with Gasteiger partial charge in [0, 0.05) is 25.2 Å². The van der Waals surface area contributed by atoms with E-state index in [0.717, 1.165) is 61.3 Å². The molecule has 0 bridgehead atoms. The fourth-order valence-corrected chi connectivity index (χ4v) is 3.75. The maximum absolute atomic E-state index is 12.7. The third-order valence-electron chi connectivity index (χ3n) is 4.43. The first kappa shape index (κ1) is 15.4. The standard InChI is InChI=1S/C15H18N6O2S/c1-10-13(24-19-18-10)15(22)21-3-2-11-12(8-21)16-9-17-14(11)20-4-6-23-7-5-20/h9H,2-8H2,1H3. The number of carbonyl (C=O) groups is 1. The predicted octanol–water partition coefficient (Wildman–Crippen LogP) is 0.672. The number of aromatic nitrogens is 4. The van der Waals surface area contributed by atoms with Crippen molar-refractivity contribution in [3.63, 3.8) is 0 Å². The van der Waals surface area contributed by atoms with E-state index in [2.05, 4.69) is 24.5 Å². The lowest BCUT2D eigenvalue weighted by Gasteiger charge is -2.33. The molecule has 1 amide bonds. The Kier molecular flexibility index (Phi) is 4.11. The zero-order chi connectivity index (χ0) is 16.5. The molecule has 9 heteroatoms. The van der Waals surface area contributed by atoms with Crippen molar-refractivity contribution in [2.75, 3.05) is 37.7 Å². The number of ether oxygens (including phenoxy) is 1. The van der Waals surface area contributed by atoms with Crippen LogP contribution >= 0.6 is 11.5 Å². The summed E-state index contributed by atoms with van der Waals surface area (Å²) < 4.78 is 9.27. The number of aryl methyl sites for hydroxylation is 1. The number of anilines is 1. The smallest absolute Gasteiger partial charge is 0.267 e. The van der Waals surface area contributed by atoms with Gasteiger partial charge in [-0.25, -0.2) is 9.97 Å². The van der Waals surface area contributed by atoms with Gasteiger partial charge in [-0.15, -0.1) is 5.10 Å². The Hall–Kier alpha value is -2.13. The van der Waals surface area contributed by atoms with E-state index in [1.54, 1.807) is 6.33 Å². The summed E-state index contributed by atoms with van der Waals surface area (Å²) in [5.41, 5.74) is 2.77. The van der Waals surface area contributed by atoms with Gasteiger partial charge in [0.05, 0.1) is 31.1 Å². The molecule has 0 spiro atoms. The lowest BCUT2D eigenvalue weighted by atomic mass is 10.0. The van der Waals surface area contributed by atoms with Gasteiger partial charge in [-0.3, -0.25) is 4.79 Å². The van der Waals surface area contributed by atoms with E-state index in [0.29, 0.717) is 23.7 Å². The molecule has 2 aliphatic rings. The van der Waals surface area contributed by atoms with Gasteiger partial charge in [0.15, 0.2) is 0 Å². The number of hydrogen-bond donors (Lipinski definition) is 0. The lowest BCUT2D eigenvalue weighted by Crippen LogP contribution is -2.40. The molecule has 0 atom stereocenters. The summed E-state index contributed by atoms with van der Waals surface area (Å²) in [6.07, 6.45) is 2.36. The summed E-state index contributed by atoms with van der Waals surface area (Å²) in [6.45, 7) is 6.12. The van der Waals surface area contributed by atoms with E-state index < -0.39 is 0 Å². The second kappa shape index (κ2) is 6.40. The van der Waals surface area contributed by atoms with Crippen molar-refractivity contribution in [1.82, 2.24) is 24.5 Å². The fraction of sp³-hybridized carbons (Fsp3) is 0.533. The molecule has 0 N–H and O–H groups in total. The molecule has 24 heavy (non-hydrogen) atoms. The zero-order valence-corrected chi connectivity index (χ0v) is 14.3. The molecule has 0 aromatic carbocycles. The van der Waals surface area contributed by atoms with Crippen LogP contribution in [0.3, 0.4) is 0 Å². The Balaban J connectivity index is 1.57. The Labute approximate surface area is 143 Å². The molecule has 4 rings (SSSR count). The first-order chi connectivity index (χ1) is 11.7.